The molecule has 0 radical (unpaired) electrons. The number of benzene rings is 2. The summed E-state index contributed by atoms with van der Waals surface area (Å²) in [6, 6.07) is 19.5. The molecule has 5 heteroatoms. The number of carbonyl (C=O) groups is 2. The lowest BCUT2D eigenvalue weighted by molar-refractivity contribution is -0.114. The third-order valence-corrected chi connectivity index (χ3v) is 5.85. The average Bonchev–Trinajstić information content (AvgIpc) is 3.03. The van der Waals surface area contributed by atoms with Crippen LogP contribution in [0.4, 0.5) is 5.69 Å². The minimum atomic E-state index is -0.156. The number of nitrogens with one attached hydrogen (secondary N) is 1. The number of carbonyl (C=O) groups excluding carboxylic acids is 2. The SMILES string of the molecule is CC(=O)Nc1cccc(C(C)N(Cc2ccccc2)C(=O)c2cc(C)sc2C)c1. The van der Waals surface area contributed by atoms with E-state index in [1.165, 1.54) is 6.92 Å². The van der Waals surface area contributed by atoms with Gasteiger partial charge in [-0.15, -0.1) is 11.3 Å². The molecule has 0 bridgehead atoms. The van der Waals surface area contributed by atoms with Crippen molar-refractivity contribution >= 4 is 28.8 Å². The maximum atomic E-state index is 13.5. The summed E-state index contributed by atoms with van der Waals surface area (Å²) in [5.41, 5.74) is 3.55. The minimum Gasteiger partial charge on any atom is -0.328 e. The Morgan fingerprint density at radius 3 is 2.38 bits per heavy atom. The maximum Gasteiger partial charge on any atom is 0.255 e. The molecule has 0 aliphatic rings. The number of amides is 2. The molecule has 1 aromatic heterocycles. The van der Waals surface area contributed by atoms with Gasteiger partial charge in [-0.25, -0.2) is 0 Å². The third-order valence-electron chi connectivity index (χ3n) is 4.88. The molecule has 1 unspecified atom stereocenters. The van der Waals surface area contributed by atoms with E-state index in [-0.39, 0.29) is 17.9 Å². The van der Waals surface area contributed by atoms with Crippen molar-refractivity contribution in [2.45, 2.75) is 40.3 Å². The zero-order valence-electron chi connectivity index (χ0n) is 17.2. The molecule has 2 amide bonds. The lowest BCUT2D eigenvalue weighted by Crippen LogP contribution is -2.33. The second-order valence-electron chi connectivity index (χ2n) is 7.23. The number of anilines is 1. The first-order valence-electron chi connectivity index (χ1n) is 9.64. The van der Waals surface area contributed by atoms with Crippen LogP contribution in [0.1, 0.15) is 51.1 Å². The largest absolute Gasteiger partial charge is 0.328 e. The van der Waals surface area contributed by atoms with Crippen LogP contribution in [-0.2, 0) is 11.3 Å². The number of thiophene rings is 1. The molecule has 0 spiro atoms. The van der Waals surface area contributed by atoms with Crippen molar-refractivity contribution in [1.82, 2.24) is 4.90 Å². The highest BCUT2D eigenvalue weighted by Gasteiger charge is 2.25. The fourth-order valence-corrected chi connectivity index (χ4v) is 4.34. The van der Waals surface area contributed by atoms with E-state index in [0.717, 1.165) is 32.1 Å². The Balaban J connectivity index is 1.97. The van der Waals surface area contributed by atoms with Gasteiger partial charge in [-0.1, -0.05) is 42.5 Å². The van der Waals surface area contributed by atoms with E-state index < -0.39 is 0 Å². The summed E-state index contributed by atoms with van der Waals surface area (Å²) in [6.07, 6.45) is 0. The summed E-state index contributed by atoms with van der Waals surface area (Å²) in [4.78, 5) is 29.0. The van der Waals surface area contributed by atoms with E-state index >= 15 is 0 Å². The van der Waals surface area contributed by atoms with Crippen molar-refractivity contribution in [2.75, 3.05) is 5.32 Å². The van der Waals surface area contributed by atoms with E-state index in [9.17, 15) is 9.59 Å². The fraction of sp³-hybridized carbons (Fsp3) is 0.250. The van der Waals surface area contributed by atoms with Crippen LogP contribution < -0.4 is 5.32 Å². The monoisotopic (exact) mass is 406 g/mol. The van der Waals surface area contributed by atoms with Crippen LogP contribution in [0.15, 0.2) is 60.7 Å². The highest BCUT2D eigenvalue weighted by Crippen LogP contribution is 2.29. The molecule has 2 aromatic carbocycles. The number of aryl methyl sites for hydroxylation is 2. The first kappa shape index (κ1) is 20.8. The van der Waals surface area contributed by atoms with Crippen LogP contribution in [0.5, 0.6) is 0 Å². The maximum absolute atomic E-state index is 13.5. The second kappa shape index (κ2) is 9.05. The Morgan fingerprint density at radius 2 is 1.76 bits per heavy atom. The predicted octanol–water partition coefficient (Wildman–Crippen LogP) is 5.73. The minimum absolute atomic E-state index is 0.0214. The van der Waals surface area contributed by atoms with Crippen LogP contribution in [0.2, 0.25) is 0 Å². The van der Waals surface area contributed by atoms with Crippen molar-refractivity contribution in [3.8, 4) is 0 Å². The van der Waals surface area contributed by atoms with Gasteiger partial charge < -0.3 is 10.2 Å². The molecule has 0 saturated heterocycles. The Hall–Kier alpha value is -2.92. The normalized spacial score (nSPS) is 11.7. The summed E-state index contributed by atoms with van der Waals surface area (Å²) in [5, 5.41) is 2.82. The van der Waals surface area contributed by atoms with Crippen LogP contribution in [0.25, 0.3) is 0 Å². The summed E-state index contributed by atoms with van der Waals surface area (Å²) in [5.74, 6) is -0.0930. The molecule has 0 aliphatic carbocycles. The predicted molar refractivity (Wildman–Crippen MR) is 119 cm³/mol. The molecule has 4 nitrogen and oxygen atoms in total. The van der Waals surface area contributed by atoms with Crippen molar-refractivity contribution in [3.63, 3.8) is 0 Å². The molecule has 0 saturated carbocycles. The third kappa shape index (κ3) is 5.12. The standard InChI is InChI=1S/C24H26N2O2S/c1-16-13-23(18(3)29-16)24(28)26(15-20-9-6-5-7-10-20)17(2)21-11-8-12-22(14-21)25-19(4)27/h5-14,17H,15H2,1-4H3,(H,25,27). The Kier molecular flexibility index (Phi) is 6.49. The van der Waals surface area contributed by atoms with E-state index in [2.05, 4.69) is 5.32 Å². The average molecular weight is 407 g/mol. The van der Waals surface area contributed by atoms with Gasteiger partial charge in [0.2, 0.25) is 5.91 Å². The van der Waals surface area contributed by atoms with Gasteiger partial charge in [0.25, 0.3) is 5.91 Å². The van der Waals surface area contributed by atoms with Gasteiger partial charge in [-0.2, -0.15) is 0 Å². The highest BCUT2D eigenvalue weighted by atomic mass is 32.1. The Bertz CT molecular complexity index is 1010. The van der Waals surface area contributed by atoms with Crippen LogP contribution in [-0.4, -0.2) is 16.7 Å². The van der Waals surface area contributed by atoms with Gasteiger partial charge in [0, 0.05) is 28.9 Å². The van der Waals surface area contributed by atoms with E-state index in [4.69, 9.17) is 0 Å². The second-order valence-corrected chi connectivity index (χ2v) is 8.69. The molecule has 0 fully saturated rings. The highest BCUT2D eigenvalue weighted by molar-refractivity contribution is 7.12. The Morgan fingerprint density at radius 1 is 1.03 bits per heavy atom. The van der Waals surface area contributed by atoms with E-state index in [0.29, 0.717) is 6.54 Å². The molecule has 1 heterocycles. The summed E-state index contributed by atoms with van der Waals surface area (Å²) < 4.78 is 0. The van der Waals surface area contributed by atoms with Gasteiger partial charge in [0.15, 0.2) is 0 Å². The first-order valence-corrected chi connectivity index (χ1v) is 10.5. The molecular formula is C24H26N2O2S. The van der Waals surface area contributed by atoms with Gasteiger partial charge in [-0.3, -0.25) is 9.59 Å². The molecular weight excluding hydrogens is 380 g/mol. The number of nitrogens with zero attached hydrogens (tertiary/aromatic N) is 1. The molecule has 0 aliphatic heterocycles. The number of hydrogen-bond donors (Lipinski definition) is 1. The van der Waals surface area contributed by atoms with Crippen LogP contribution in [0.3, 0.4) is 0 Å². The Labute approximate surface area is 176 Å². The van der Waals surface area contributed by atoms with Crippen molar-refractivity contribution in [3.05, 3.63) is 87.1 Å². The van der Waals surface area contributed by atoms with Gasteiger partial charge in [0.05, 0.1) is 11.6 Å². The smallest absolute Gasteiger partial charge is 0.255 e. The van der Waals surface area contributed by atoms with Crippen molar-refractivity contribution < 1.29 is 9.59 Å². The first-order chi connectivity index (χ1) is 13.8. The van der Waals surface area contributed by atoms with Crippen LogP contribution in [0, 0.1) is 13.8 Å². The van der Waals surface area contributed by atoms with Gasteiger partial charge in [0.1, 0.15) is 0 Å². The molecule has 1 N–H and O–H groups in total. The van der Waals surface area contributed by atoms with Crippen molar-refractivity contribution in [1.29, 1.82) is 0 Å². The number of rotatable bonds is 6. The zero-order chi connectivity index (χ0) is 21.0. The van der Waals surface area contributed by atoms with E-state index in [1.807, 2.05) is 86.3 Å². The zero-order valence-corrected chi connectivity index (χ0v) is 18.0. The molecule has 150 valence electrons. The fourth-order valence-electron chi connectivity index (χ4n) is 3.42. The quantitative estimate of drug-likeness (QED) is 0.568. The molecule has 3 rings (SSSR count). The lowest BCUT2D eigenvalue weighted by Gasteiger charge is -2.30. The van der Waals surface area contributed by atoms with Crippen LogP contribution >= 0.6 is 11.3 Å². The van der Waals surface area contributed by atoms with Gasteiger partial charge in [-0.05, 0) is 50.1 Å². The molecule has 3 aromatic rings. The molecule has 29 heavy (non-hydrogen) atoms. The van der Waals surface area contributed by atoms with Gasteiger partial charge >= 0.3 is 0 Å². The molecule has 1 atom stereocenters. The summed E-state index contributed by atoms with van der Waals surface area (Å²) >= 11 is 1.64. The number of hydrogen-bond acceptors (Lipinski definition) is 3. The van der Waals surface area contributed by atoms with E-state index in [1.54, 1.807) is 11.3 Å². The topological polar surface area (TPSA) is 49.4 Å². The lowest BCUT2D eigenvalue weighted by atomic mass is 10.0. The summed E-state index contributed by atoms with van der Waals surface area (Å²) in [6.45, 7) is 8.05. The summed E-state index contributed by atoms with van der Waals surface area (Å²) in [7, 11) is 0. The van der Waals surface area contributed by atoms with Crippen molar-refractivity contribution in [2.24, 2.45) is 0 Å².